The first-order valence-corrected chi connectivity index (χ1v) is 6.78. The van der Waals surface area contributed by atoms with Gasteiger partial charge in [-0.25, -0.2) is 0 Å². The van der Waals surface area contributed by atoms with Crippen molar-refractivity contribution >= 4 is 5.69 Å². The van der Waals surface area contributed by atoms with Crippen molar-refractivity contribution in [2.24, 2.45) is 5.73 Å². The zero-order valence-electron chi connectivity index (χ0n) is 11.0. The highest BCUT2D eigenvalue weighted by atomic mass is 19.4. The van der Waals surface area contributed by atoms with Crippen LogP contribution in [0, 0.1) is 0 Å². The molecule has 2 bridgehead atoms. The molecule has 2 aliphatic heterocycles. The molecule has 2 saturated heterocycles. The molecular formula is C14H17F3N2O. The third-order valence-corrected chi connectivity index (χ3v) is 4.03. The number of hydrogen-bond acceptors (Lipinski definition) is 3. The summed E-state index contributed by atoms with van der Waals surface area (Å²) in [6, 6.07) is 4.42. The van der Waals surface area contributed by atoms with Gasteiger partial charge < -0.3 is 15.4 Å². The zero-order valence-corrected chi connectivity index (χ0v) is 11.0. The molecular weight excluding hydrogens is 269 g/mol. The van der Waals surface area contributed by atoms with E-state index in [1.165, 1.54) is 12.1 Å². The molecule has 0 saturated carbocycles. The van der Waals surface area contributed by atoms with Gasteiger partial charge in [-0.2, -0.15) is 13.2 Å². The minimum absolute atomic E-state index is 0.108. The van der Waals surface area contributed by atoms with E-state index in [-0.39, 0.29) is 24.3 Å². The van der Waals surface area contributed by atoms with Gasteiger partial charge in [-0.15, -0.1) is 0 Å². The summed E-state index contributed by atoms with van der Waals surface area (Å²) in [6.45, 7) is 1.22. The van der Waals surface area contributed by atoms with Gasteiger partial charge >= 0.3 is 6.18 Å². The fourth-order valence-corrected chi connectivity index (χ4v) is 3.03. The lowest BCUT2D eigenvalue weighted by atomic mass is 10.1. The Morgan fingerprint density at radius 2 is 1.85 bits per heavy atom. The number of anilines is 1. The Morgan fingerprint density at radius 1 is 1.20 bits per heavy atom. The highest BCUT2D eigenvalue weighted by Gasteiger charge is 2.36. The van der Waals surface area contributed by atoms with E-state index in [4.69, 9.17) is 10.5 Å². The lowest BCUT2D eigenvalue weighted by molar-refractivity contribution is -0.138. The summed E-state index contributed by atoms with van der Waals surface area (Å²) in [5.41, 5.74) is 5.51. The molecule has 2 fully saturated rings. The quantitative estimate of drug-likeness (QED) is 0.908. The minimum atomic E-state index is -4.37. The van der Waals surface area contributed by atoms with Crippen LogP contribution in [0.5, 0.6) is 0 Å². The van der Waals surface area contributed by atoms with Crippen LogP contribution in [-0.2, 0) is 17.5 Å². The monoisotopic (exact) mass is 286 g/mol. The first kappa shape index (κ1) is 13.7. The number of alkyl halides is 3. The maximum absolute atomic E-state index is 13.0. The highest BCUT2D eigenvalue weighted by molar-refractivity contribution is 5.52. The molecule has 2 atom stereocenters. The smallest absolute Gasteiger partial charge is 0.371 e. The van der Waals surface area contributed by atoms with E-state index in [0.29, 0.717) is 18.8 Å². The van der Waals surface area contributed by atoms with Crippen LogP contribution < -0.4 is 10.6 Å². The van der Waals surface area contributed by atoms with Gasteiger partial charge in [-0.05, 0) is 30.5 Å². The molecule has 1 aromatic rings. The maximum Gasteiger partial charge on any atom is 0.416 e. The van der Waals surface area contributed by atoms with E-state index in [1.54, 1.807) is 6.07 Å². The third kappa shape index (κ3) is 2.50. The number of fused-ring (bicyclic) bond motifs is 2. The number of morpholine rings is 1. The van der Waals surface area contributed by atoms with Crippen molar-refractivity contribution in [1.29, 1.82) is 0 Å². The first-order valence-electron chi connectivity index (χ1n) is 6.78. The highest BCUT2D eigenvalue weighted by Crippen LogP contribution is 2.36. The number of rotatable bonds is 2. The molecule has 0 amide bonds. The number of hydrogen-bond donors (Lipinski definition) is 1. The first-order chi connectivity index (χ1) is 9.47. The van der Waals surface area contributed by atoms with Gasteiger partial charge in [0.25, 0.3) is 0 Å². The summed E-state index contributed by atoms with van der Waals surface area (Å²) >= 11 is 0. The molecule has 3 nitrogen and oxygen atoms in total. The Bertz CT molecular complexity index is 492. The van der Waals surface area contributed by atoms with Gasteiger partial charge in [0.05, 0.1) is 17.8 Å². The second-order valence-corrected chi connectivity index (χ2v) is 5.41. The van der Waals surface area contributed by atoms with E-state index in [1.807, 2.05) is 4.90 Å². The molecule has 3 rings (SSSR count). The van der Waals surface area contributed by atoms with Crippen LogP contribution in [-0.4, -0.2) is 25.3 Å². The summed E-state index contributed by atoms with van der Waals surface area (Å²) in [6.07, 6.45) is -2.08. The third-order valence-electron chi connectivity index (χ3n) is 4.03. The van der Waals surface area contributed by atoms with Gasteiger partial charge in [0, 0.05) is 25.3 Å². The lowest BCUT2D eigenvalue weighted by Crippen LogP contribution is -2.42. The minimum Gasteiger partial charge on any atom is -0.371 e. The van der Waals surface area contributed by atoms with Crippen molar-refractivity contribution in [3.05, 3.63) is 29.3 Å². The molecule has 2 N–H and O–H groups in total. The van der Waals surface area contributed by atoms with Gasteiger partial charge in [0.1, 0.15) is 0 Å². The van der Waals surface area contributed by atoms with Crippen molar-refractivity contribution in [3.8, 4) is 0 Å². The largest absolute Gasteiger partial charge is 0.416 e. The summed E-state index contributed by atoms with van der Waals surface area (Å²) in [7, 11) is 0. The van der Waals surface area contributed by atoms with Gasteiger partial charge in [0.15, 0.2) is 0 Å². The maximum atomic E-state index is 13.0. The van der Waals surface area contributed by atoms with Gasteiger partial charge in [-0.3, -0.25) is 0 Å². The number of nitrogens with zero attached hydrogens (tertiary/aromatic N) is 1. The number of halogens is 3. The predicted octanol–water partition coefficient (Wildman–Crippen LogP) is 2.53. The van der Waals surface area contributed by atoms with E-state index in [9.17, 15) is 13.2 Å². The fraction of sp³-hybridized carbons (Fsp3) is 0.571. The summed E-state index contributed by atoms with van der Waals surface area (Å²) in [5, 5.41) is 0. The van der Waals surface area contributed by atoms with Crippen molar-refractivity contribution in [1.82, 2.24) is 0 Å². The van der Waals surface area contributed by atoms with E-state index >= 15 is 0 Å². The van der Waals surface area contributed by atoms with Crippen molar-refractivity contribution in [2.75, 3.05) is 18.0 Å². The van der Waals surface area contributed by atoms with Gasteiger partial charge in [0.2, 0.25) is 0 Å². The van der Waals surface area contributed by atoms with Crippen LogP contribution in [0.1, 0.15) is 24.0 Å². The topological polar surface area (TPSA) is 38.5 Å². The van der Waals surface area contributed by atoms with Gasteiger partial charge in [-0.1, -0.05) is 6.07 Å². The Labute approximate surface area is 115 Å². The second kappa shape index (κ2) is 4.93. The van der Waals surface area contributed by atoms with Crippen molar-refractivity contribution in [3.63, 3.8) is 0 Å². The van der Waals surface area contributed by atoms with Crippen LogP contribution >= 0.6 is 0 Å². The molecule has 0 radical (unpaired) electrons. The van der Waals surface area contributed by atoms with Crippen molar-refractivity contribution < 1.29 is 17.9 Å². The summed E-state index contributed by atoms with van der Waals surface area (Å²) in [5.74, 6) is 0. The zero-order chi connectivity index (χ0) is 14.3. The molecule has 1 aromatic carbocycles. The second-order valence-electron chi connectivity index (χ2n) is 5.41. The van der Waals surface area contributed by atoms with Crippen LogP contribution in [0.2, 0.25) is 0 Å². The average Bonchev–Trinajstić information content (AvgIpc) is 2.75. The standard InChI is InChI=1S/C14H17F3N2O/c15-14(16,17)13-5-10(2-1-9(13)6-18)19-7-11-3-4-12(8-19)20-11/h1-2,5,11-12H,3-4,6-8,18H2. The van der Waals surface area contributed by atoms with E-state index in [0.717, 1.165) is 12.8 Å². The lowest BCUT2D eigenvalue weighted by Gasteiger charge is -2.34. The molecule has 6 heteroatoms. The van der Waals surface area contributed by atoms with E-state index in [2.05, 4.69) is 0 Å². The molecule has 2 heterocycles. The van der Waals surface area contributed by atoms with E-state index < -0.39 is 11.7 Å². The van der Waals surface area contributed by atoms with Crippen LogP contribution in [0.4, 0.5) is 18.9 Å². The van der Waals surface area contributed by atoms with Crippen LogP contribution in [0.3, 0.4) is 0 Å². The summed E-state index contributed by atoms with van der Waals surface area (Å²) < 4.78 is 44.9. The Kier molecular flexibility index (Phi) is 3.38. The number of nitrogens with two attached hydrogens (primary N) is 1. The molecule has 2 aliphatic rings. The Hall–Kier alpha value is -1.27. The average molecular weight is 286 g/mol. The predicted molar refractivity (Wildman–Crippen MR) is 69.4 cm³/mol. The molecule has 110 valence electrons. The molecule has 20 heavy (non-hydrogen) atoms. The fourth-order valence-electron chi connectivity index (χ4n) is 3.03. The normalized spacial score (nSPS) is 26.1. The van der Waals surface area contributed by atoms with Crippen molar-refractivity contribution in [2.45, 2.75) is 37.8 Å². The molecule has 2 unspecified atom stereocenters. The summed E-state index contributed by atoms with van der Waals surface area (Å²) in [4.78, 5) is 1.99. The Balaban J connectivity index is 1.90. The van der Waals surface area contributed by atoms with Crippen LogP contribution in [0.15, 0.2) is 18.2 Å². The number of benzene rings is 1. The molecule has 0 aromatic heterocycles. The molecule has 0 aliphatic carbocycles. The van der Waals surface area contributed by atoms with Crippen LogP contribution in [0.25, 0.3) is 0 Å². The SMILES string of the molecule is NCc1ccc(N2CC3CCC(C2)O3)cc1C(F)(F)F. The Morgan fingerprint density at radius 3 is 2.40 bits per heavy atom. The number of ether oxygens (including phenoxy) is 1. The molecule has 0 spiro atoms.